The van der Waals surface area contributed by atoms with Crippen LogP contribution in [-0.2, 0) is 13.1 Å². The molecule has 2 heterocycles. The lowest BCUT2D eigenvalue weighted by molar-refractivity contribution is 0.310. The average Bonchev–Trinajstić information content (AvgIpc) is 3.12. The molecule has 0 aliphatic carbocycles. The van der Waals surface area contributed by atoms with E-state index in [1.807, 2.05) is 53.9 Å². The molecule has 0 aliphatic rings. The lowest BCUT2D eigenvalue weighted by Crippen LogP contribution is -2.36. The molecule has 8 nitrogen and oxygen atoms in total. The molecule has 0 radical (unpaired) electrons. The number of guanidine groups is 1. The van der Waals surface area contributed by atoms with Gasteiger partial charge in [-0.2, -0.15) is 0 Å². The number of hydrogen-bond donors (Lipinski definition) is 2. The fourth-order valence-electron chi connectivity index (χ4n) is 2.68. The minimum atomic E-state index is 0.511. The van der Waals surface area contributed by atoms with Crippen molar-refractivity contribution in [2.45, 2.75) is 20.0 Å². The summed E-state index contributed by atoms with van der Waals surface area (Å²) in [6.45, 7) is 3.66. The number of ether oxygens (including phenoxy) is 2. The van der Waals surface area contributed by atoms with E-state index >= 15 is 0 Å². The predicted octanol–water partition coefficient (Wildman–Crippen LogP) is 2.00. The van der Waals surface area contributed by atoms with Crippen molar-refractivity contribution in [2.24, 2.45) is 4.99 Å². The highest BCUT2D eigenvalue weighted by atomic mass is 16.5. The van der Waals surface area contributed by atoms with E-state index in [1.54, 1.807) is 14.2 Å². The summed E-state index contributed by atoms with van der Waals surface area (Å²) in [5.41, 5.74) is 1.88. The molecule has 3 rings (SSSR count). The van der Waals surface area contributed by atoms with Gasteiger partial charge >= 0.3 is 0 Å². The lowest BCUT2D eigenvalue weighted by Gasteiger charge is -2.13. The van der Waals surface area contributed by atoms with Gasteiger partial charge in [0.25, 0.3) is 0 Å². The maximum Gasteiger partial charge on any atom is 0.191 e. The predicted molar refractivity (Wildman–Crippen MR) is 104 cm³/mol. The number of hydrogen-bond acceptors (Lipinski definition) is 5. The van der Waals surface area contributed by atoms with Crippen molar-refractivity contribution in [3.05, 3.63) is 54.0 Å². The highest BCUT2D eigenvalue weighted by molar-refractivity contribution is 5.79. The Kier molecular flexibility index (Phi) is 6.09. The summed E-state index contributed by atoms with van der Waals surface area (Å²) in [5, 5.41) is 14.9. The molecule has 0 saturated carbocycles. The first-order chi connectivity index (χ1) is 13.2. The number of nitrogens with zero attached hydrogens (tertiary/aromatic N) is 4. The Labute approximate surface area is 158 Å². The SMILES string of the molecule is CCOc1ccc(CNC(=NC)NCc2nnc3ccccn23)cc1OC. The van der Waals surface area contributed by atoms with E-state index in [0.717, 1.165) is 22.8 Å². The summed E-state index contributed by atoms with van der Waals surface area (Å²) in [4.78, 5) is 4.25. The number of pyridine rings is 1. The van der Waals surface area contributed by atoms with Gasteiger partial charge in [0.1, 0.15) is 0 Å². The van der Waals surface area contributed by atoms with Gasteiger partial charge in [-0.05, 0) is 36.8 Å². The zero-order valence-corrected chi connectivity index (χ0v) is 15.8. The number of rotatable bonds is 7. The van der Waals surface area contributed by atoms with Crippen LogP contribution in [0.1, 0.15) is 18.3 Å². The van der Waals surface area contributed by atoms with E-state index < -0.39 is 0 Å². The molecule has 0 aliphatic heterocycles. The number of nitrogens with one attached hydrogen (secondary N) is 2. The Bertz CT molecular complexity index is 921. The number of benzene rings is 1. The Morgan fingerprint density at radius 2 is 1.96 bits per heavy atom. The first-order valence-electron chi connectivity index (χ1n) is 8.78. The van der Waals surface area contributed by atoms with Gasteiger partial charge in [0.05, 0.1) is 20.3 Å². The molecule has 0 fully saturated rings. The highest BCUT2D eigenvalue weighted by Crippen LogP contribution is 2.27. The minimum absolute atomic E-state index is 0.511. The van der Waals surface area contributed by atoms with Gasteiger partial charge in [0.2, 0.25) is 0 Å². The second-order valence-corrected chi connectivity index (χ2v) is 5.74. The number of fused-ring (bicyclic) bond motifs is 1. The summed E-state index contributed by atoms with van der Waals surface area (Å²) >= 11 is 0. The monoisotopic (exact) mass is 368 g/mol. The zero-order chi connectivity index (χ0) is 19.1. The molecule has 0 atom stereocenters. The van der Waals surface area contributed by atoms with Crippen molar-refractivity contribution in [1.29, 1.82) is 0 Å². The Balaban J connectivity index is 1.59. The fourth-order valence-corrected chi connectivity index (χ4v) is 2.68. The second-order valence-electron chi connectivity index (χ2n) is 5.74. The molecule has 2 N–H and O–H groups in total. The third kappa shape index (κ3) is 4.46. The molecule has 0 unspecified atom stereocenters. The summed E-state index contributed by atoms with van der Waals surface area (Å²) in [7, 11) is 3.37. The molecular formula is C19H24N6O2. The van der Waals surface area contributed by atoms with Crippen molar-refractivity contribution in [3.63, 3.8) is 0 Å². The Morgan fingerprint density at radius 3 is 2.74 bits per heavy atom. The van der Waals surface area contributed by atoms with E-state index in [-0.39, 0.29) is 0 Å². The number of aromatic nitrogens is 3. The van der Waals surface area contributed by atoms with Crippen LogP contribution in [0.4, 0.5) is 0 Å². The van der Waals surface area contributed by atoms with Crippen LogP contribution in [0.25, 0.3) is 5.65 Å². The van der Waals surface area contributed by atoms with Crippen LogP contribution in [-0.4, -0.2) is 41.3 Å². The van der Waals surface area contributed by atoms with E-state index in [0.29, 0.717) is 31.4 Å². The Morgan fingerprint density at radius 1 is 1.11 bits per heavy atom. The summed E-state index contributed by atoms with van der Waals surface area (Å²) in [6, 6.07) is 11.7. The quantitative estimate of drug-likeness (QED) is 0.490. The van der Waals surface area contributed by atoms with Gasteiger partial charge in [0.15, 0.2) is 28.9 Å². The third-order valence-corrected chi connectivity index (χ3v) is 4.01. The molecule has 0 amide bonds. The fraction of sp³-hybridized carbons (Fsp3) is 0.316. The molecular weight excluding hydrogens is 344 g/mol. The molecule has 1 aromatic carbocycles. The third-order valence-electron chi connectivity index (χ3n) is 4.01. The summed E-state index contributed by atoms with van der Waals surface area (Å²) < 4.78 is 12.9. The van der Waals surface area contributed by atoms with Gasteiger partial charge in [-0.25, -0.2) is 0 Å². The van der Waals surface area contributed by atoms with Crippen molar-refractivity contribution in [1.82, 2.24) is 25.2 Å². The first kappa shape index (κ1) is 18.5. The van der Waals surface area contributed by atoms with Crippen molar-refractivity contribution >= 4 is 11.6 Å². The van der Waals surface area contributed by atoms with E-state index in [4.69, 9.17) is 9.47 Å². The van der Waals surface area contributed by atoms with Crippen LogP contribution in [0.5, 0.6) is 11.5 Å². The molecule has 2 aromatic heterocycles. The number of aliphatic imine (C=N–C) groups is 1. The van der Waals surface area contributed by atoms with Crippen molar-refractivity contribution < 1.29 is 9.47 Å². The Hall–Kier alpha value is -3.29. The van der Waals surface area contributed by atoms with Crippen LogP contribution in [0.2, 0.25) is 0 Å². The normalized spacial score (nSPS) is 11.4. The zero-order valence-electron chi connectivity index (χ0n) is 15.8. The number of methoxy groups -OCH3 is 1. The first-order valence-corrected chi connectivity index (χ1v) is 8.78. The van der Waals surface area contributed by atoms with E-state index in [9.17, 15) is 0 Å². The standard InChI is InChI=1S/C19H24N6O2/c1-4-27-15-9-8-14(11-16(15)26-3)12-21-19(20-2)22-13-18-24-23-17-7-5-6-10-25(17)18/h5-11H,4,12-13H2,1-3H3,(H2,20,21,22). The molecule has 142 valence electrons. The summed E-state index contributed by atoms with van der Waals surface area (Å²) in [5.74, 6) is 2.95. The molecule has 8 heteroatoms. The maximum absolute atomic E-state index is 5.55. The molecule has 0 spiro atoms. The van der Waals surface area contributed by atoms with Gasteiger partial charge < -0.3 is 20.1 Å². The molecule has 0 bridgehead atoms. The summed E-state index contributed by atoms with van der Waals surface area (Å²) in [6.07, 6.45) is 1.94. The average molecular weight is 368 g/mol. The van der Waals surface area contributed by atoms with E-state index in [1.165, 1.54) is 0 Å². The molecule has 3 aromatic rings. The van der Waals surface area contributed by atoms with Crippen LogP contribution in [0, 0.1) is 0 Å². The van der Waals surface area contributed by atoms with Crippen LogP contribution in [0.15, 0.2) is 47.6 Å². The van der Waals surface area contributed by atoms with Crippen LogP contribution < -0.4 is 20.1 Å². The van der Waals surface area contributed by atoms with E-state index in [2.05, 4.69) is 25.8 Å². The minimum Gasteiger partial charge on any atom is -0.493 e. The second kappa shape index (κ2) is 8.88. The molecule has 0 saturated heterocycles. The van der Waals surface area contributed by atoms with Crippen LogP contribution in [0.3, 0.4) is 0 Å². The lowest BCUT2D eigenvalue weighted by atomic mass is 10.2. The maximum atomic E-state index is 5.55. The topological polar surface area (TPSA) is 85.1 Å². The van der Waals surface area contributed by atoms with Crippen molar-refractivity contribution in [2.75, 3.05) is 20.8 Å². The van der Waals surface area contributed by atoms with Gasteiger partial charge in [-0.15, -0.1) is 10.2 Å². The van der Waals surface area contributed by atoms with Gasteiger partial charge in [0, 0.05) is 19.8 Å². The highest BCUT2D eigenvalue weighted by Gasteiger charge is 2.08. The van der Waals surface area contributed by atoms with Gasteiger partial charge in [-0.1, -0.05) is 12.1 Å². The van der Waals surface area contributed by atoms with Crippen LogP contribution >= 0.6 is 0 Å². The molecule has 27 heavy (non-hydrogen) atoms. The van der Waals surface area contributed by atoms with Gasteiger partial charge in [-0.3, -0.25) is 9.39 Å². The smallest absolute Gasteiger partial charge is 0.191 e. The largest absolute Gasteiger partial charge is 0.493 e. The van der Waals surface area contributed by atoms with Crippen molar-refractivity contribution in [3.8, 4) is 11.5 Å².